The van der Waals surface area contributed by atoms with Gasteiger partial charge < -0.3 is 10.6 Å². The van der Waals surface area contributed by atoms with Gasteiger partial charge in [-0.05, 0) is 69.5 Å². The van der Waals surface area contributed by atoms with Gasteiger partial charge >= 0.3 is 0 Å². The second-order valence-electron chi connectivity index (χ2n) is 7.79. The summed E-state index contributed by atoms with van der Waals surface area (Å²) in [6, 6.07) is 1.78. The van der Waals surface area contributed by atoms with Gasteiger partial charge in [-0.1, -0.05) is 11.6 Å². The second kappa shape index (κ2) is 8.85. The molecule has 0 aromatic carbocycles. The Labute approximate surface area is 190 Å². The lowest BCUT2D eigenvalue weighted by atomic mass is 9.79. The molecular weight excluding hydrogens is 522 g/mol. The van der Waals surface area contributed by atoms with Crippen molar-refractivity contribution in [2.45, 2.75) is 44.6 Å². The van der Waals surface area contributed by atoms with Gasteiger partial charge in [-0.15, -0.1) is 16.4 Å². The van der Waals surface area contributed by atoms with Gasteiger partial charge in [0.05, 0.1) is 20.1 Å². The van der Waals surface area contributed by atoms with E-state index >= 15 is 0 Å². The SMILES string of the molecule is Cn1nnc2c1CC(C(=O)NCC(NC(=O)c1cc(Br)c(Br)s1)C1CCC1)CC2. The molecule has 1 saturated carbocycles. The number of hydrogen-bond acceptors (Lipinski definition) is 5. The van der Waals surface area contributed by atoms with Gasteiger partial charge in [-0.25, -0.2) is 0 Å². The number of nitrogens with zero attached hydrogens (tertiary/aromatic N) is 3. The van der Waals surface area contributed by atoms with Gasteiger partial charge in [0.25, 0.3) is 5.91 Å². The minimum atomic E-state index is -0.0872. The van der Waals surface area contributed by atoms with Gasteiger partial charge in [0.2, 0.25) is 5.91 Å². The predicted octanol–water partition coefficient (Wildman–Crippen LogP) is 3.22. The molecule has 1 fully saturated rings. The molecule has 0 spiro atoms. The van der Waals surface area contributed by atoms with Crippen LogP contribution in [0.3, 0.4) is 0 Å². The number of amides is 2. The van der Waals surface area contributed by atoms with Crippen LogP contribution in [0.5, 0.6) is 0 Å². The zero-order chi connectivity index (χ0) is 20.5. The lowest BCUT2D eigenvalue weighted by Gasteiger charge is -2.34. The fraction of sp³-hybridized carbons (Fsp3) is 0.579. The first-order valence-corrected chi connectivity index (χ1v) is 12.2. The summed E-state index contributed by atoms with van der Waals surface area (Å²) in [4.78, 5) is 26.1. The average Bonchev–Trinajstić information content (AvgIpc) is 3.20. The van der Waals surface area contributed by atoms with E-state index in [0.29, 0.717) is 23.8 Å². The van der Waals surface area contributed by atoms with Crippen LogP contribution < -0.4 is 10.6 Å². The largest absolute Gasteiger partial charge is 0.354 e. The quantitative estimate of drug-likeness (QED) is 0.584. The number of halogens is 2. The fourth-order valence-electron chi connectivity index (χ4n) is 3.96. The Balaban J connectivity index is 1.35. The van der Waals surface area contributed by atoms with Gasteiger partial charge in [-0.3, -0.25) is 14.3 Å². The highest BCUT2D eigenvalue weighted by Gasteiger charge is 2.32. The summed E-state index contributed by atoms with van der Waals surface area (Å²) in [6.07, 6.45) is 5.60. The van der Waals surface area contributed by atoms with Gasteiger partial charge in [0.1, 0.15) is 0 Å². The monoisotopic (exact) mass is 543 g/mol. The molecule has 0 saturated heterocycles. The maximum atomic E-state index is 12.8. The van der Waals surface area contributed by atoms with Gasteiger partial charge in [0, 0.05) is 36.4 Å². The summed E-state index contributed by atoms with van der Waals surface area (Å²) >= 11 is 8.26. The van der Waals surface area contributed by atoms with E-state index < -0.39 is 0 Å². The number of aryl methyl sites for hydroxylation is 2. The minimum absolute atomic E-state index is 0.0441. The molecule has 2 atom stereocenters. The van der Waals surface area contributed by atoms with E-state index in [1.54, 1.807) is 4.68 Å². The zero-order valence-corrected chi connectivity index (χ0v) is 20.1. The molecule has 2 N–H and O–H groups in total. The smallest absolute Gasteiger partial charge is 0.261 e. The van der Waals surface area contributed by atoms with Crippen LogP contribution in [0.4, 0.5) is 0 Å². The summed E-state index contributed by atoms with van der Waals surface area (Å²) in [5.41, 5.74) is 2.05. The molecule has 2 aromatic heterocycles. The van der Waals surface area contributed by atoms with E-state index in [9.17, 15) is 9.59 Å². The molecule has 2 aromatic rings. The van der Waals surface area contributed by atoms with E-state index in [1.165, 1.54) is 17.8 Å². The van der Waals surface area contributed by atoms with E-state index in [-0.39, 0.29) is 23.8 Å². The number of carbonyl (C=O) groups excluding carboxylic acids is 2. The van der Waals surface area contributed by atoms with Crippen molar-refractivity contribution < 1.29 is 9.59 Å². The fourth-order valence-corrected chi connectivity index (χ4v) is 5.90. The summed E-state index contributed by atoms with van der Waals surface area (Å²) in [5.74, 6) is 0.319. The molecular formula is C19H23Br2N5O2S. The Morgan fingerprint density at radius 2 is 2.14 bits per heavy atom. The molecule has 0 aliphatic heterocycles. The number of hydrogen-bond donors (Lipinski definition) is 2. The number of nitrogens with one attached hydrogen (secondary N) is 2. The predicted molar refractivity (Wildman–Crippen MR) is 118 cm³/mol. The minimum Gasteiger partial charge on any atom is -0.354 e. The molecule has 156 valence electrons. The van der Waals surface area contributed by atoms with Gasteiger partial charge in [0.15, 0.2) is 0 Å². The summed E-state index contributed by atoms with van der Waals surface area (Å²) in [6.45, 7) is 0.468. The van der Waals surface area contributed by atoms with Crippen molar-refractivity contribution in [2.24, 2.45) is 18.9 Å². The Hall–Kier alpha value is -1.26. The number of fused-ring (bicyclic) bond motifs is 1. The Kier molecular flexibility index (Phi) is 6.41. The van der Waals surface area contributed by atoms with E-state index in [2.05, 4.69) is 52.8 Å². The van der Waals surface area contributed by atoms with Crippen LogP contribution in [0, 0.1) is 11.8 Å². The van der Waals surface area contributed by atoms with E-state index in [4.69, 9.17) is 0 Å². The Morgan fingerprint density at radius 1 is 1.34 bits per heavy atom. The molecule has 7 nitrogen and oxygen atoms in total. The van der Waals surface area contributed by atoms with Crippen LogP contribution in [-0.2, 0) is 24.7 Å². The molecule has 2 heterocycles. The van der Waals surface area contributed by atoms with E-state index in [1.807, 2.05) is 13.1 Å². The highest BCUT2D eigenvalue weighted by atomic mass is 79.9. The van der Waals surface area contributed by atoms with Crippen molar-refractivity contribution in [3.05, 3.63) is 30.6 Å². The Bertz CT molecular complexity index is 904. The van der Waals surface area contributed by atoms with Crippen molar-refractivity contribution in [3.63, 3.8) is 0 Å². The molecule has 2 unspecified atom stereocenters. The summed E-state index contributed by atoms with van der Waals surface area (Å²) in [5, 5.41) is 14.5. The highest BCUT2D eigenvalue weighted by molar-refractivity contribution is 9.13. The number of rotatable bonds is 6. The molecule has 4 rings (SSSR count). The van der Waals surface area contributed by atoms with Crippen LogP contribution in [0.25, 0.3) is 0 Å². The van der Waals surface area contributed by atoms with Crippen molar-refractivity contribution in [1.29, 1.82) is 0 Å². The van der Waals surface area contributed by atoms with Crippen LogP contribution in [0.2, 0.25) is 0 Å². The lowest BCUT2D eigenvalue weighted by molar-refractivity contribution is -0.125. The topological polar surface area (TPSA) is 88.9 Å². The maximum absolute atomic E-state index is 12.8. The molecule has 10 heteroatoms. The normalized spacial score (nSPS) is 19.9. The van der Waals surface area contributed by atoms with Crippen molar-refractivity contribution >= 4 is 55.0 Å². The van der Waals surface area contributed by atoms with Crippen molar-refractivity contribution in [2.75, 3.05) is 6.54 Å². The lowest BCUT2D eigenvalue weighted by Crippen LogP contribution is -2.50. The number of thiophene rings is 1. The standard InChI is InChI=1S/C19H23Br2N5O2S/c1-26-15-7-11(5-6-13(15)24-25-26)18(27)22-9-14(10-3-2-4-10)23-19(28)16-8-12(20)17(21)29-16/h8,10-11,14H,2-7,9H2,1H3,(H,22,27)(H,23,28). The van der Waals surface area contributed by atoms with Crippen molar-refractivity contribution in [1.82, 2.24) is 25.6 Å². The molecule has 2 aliphatic carbocycles. The average molecular weight is 545 g/mol. The summed E-state index contributed by atoms with van der Waals surface area (Å²) < 4.78 is 3.55. The van der Waals surface area contributed by atoms with Crippen molar-refractivity contribution in [3.8, 4) is 0 Å². The van der Waals surface area contributed by atoms with Crippen LogP contribution >= 0.6 is 43.2 Å². The first kappa shape index (κ1) is 21.0. The summed E-state index contributed by atoms with van der Waals surface area (Å²) in [7, 11) is 1.87. The van der Waals surface area contributed by atoms with E-state index in [0.717, 1.165) is 45.3 Å². The van der Waals surface area contributed by atoms with Gasteiger partial charge in [-0.2, -0.15) is 0 Å². The zero-order valence-electron chi connectivity index (χ0n) is 16.1. The molecule has 29 heavy (non-hydrogen) atoms. The number of aromatic nitrogens is 3. The Morgan fingerprint density at radius 3 is 2.79 bits per heavy atom. The van der Waals surface area contributed by atoms with Crippen LogP contribution in [0.15, 0.2) is 14.3 Å². The second-order valence-corrected chi connectivity index (χ2v) is 11.0. The van der Waals surface area contributed by atoms with Crippen LogP contribution in [0.1, 0.15) is 46.7 Å². The molecule has 0 bridgehead atoms. The highest BCUT2D eigenvalue weighted by Crippen LogP contribution is 2.33. The first-order chi connectivity index (χ1) is 13.9. The third-order valence-electron chi connectivity index (χ3n) is 5.96. The maximum Gasteiger partial charge on any atom is 0.261 e. The third-order valence-corrected chi connectivity index (χ3v) is 9.22. The number of carbonyl (C=O) groups is 2. The molecule has 2 aliphatic rings. The molecule has 0 radical (unpaired) electrons. The molecule has 2 amide bonds. The first-order valence-electron chi connectivity index (χ1n) is 9.83. The third kappa shape index (κ3) is 4.59. The van der Waals surface area contributed by atoms with Crippen LogP contribution in [-0.4, -0.2) is 39.4 Å².